The average Bonchev–Trinajstić information content (AvgIpc) is 2.88. The molecule has 0 saturated carbocycles. The summed E-state index contributed by atoms with van der Waals surface area (Å²) in [6, 6.07) is 17.4. The number of carbonyl (C=O) groups is 2. The number of benzene rings is 3. The number of nitrogens with two attached hydrogens (primary N) is 1. The maximum atomic E-state index is 14.4. The summed E-state index contributed by atoms with van der Waals surface area (Å²) in [5.41, 5.74) is 7.94. The molecule has 3 aromatic rings. The smallest absolute Gasteiger partial charge is 0.332 e. The van der Waals surface area contributed by atoms with Crippen LogP contribution in [-0.2, 0) is 0 Å². The van der Waals surface area contributed by atoms with E-state index in [1.807, 2.05) is 13.8 Å². The van der Waals surface area contributed by atoms with Crippen molar-refractivity contribution in [2.24, 2.45) is 5.73 Å². The number of amides is 3. The number of urea groups is 1. The summed E-state index contributed by atoms with van der Waals surface area (Å²) in [7, 11) is 0. The minimum Gasteiger partial charge on any atom is -0.493 e. The van der Waals surface area contributed by atoms with Gasteiger partial charge >= 0.3 is 6.03 Å². The monoisotopic (exact) mass is 506 g/mol. The predicted molar refractivity (Wildman–Crippen MR) is 140 cm³/mol. The molecule has 7 nitrogen and oxygen atoms in total. The van der Waals surface area contributed by atoms with E-state index in [0.29, 0.717) is 34.7 Å². The van der Waals surface area contributed by atoms with Crippen molar-refractivity contribution in [3.63, 3.8) is 0 Å². The number of unbranched alkanes of at least 4 members (excludes halogenated alkanes) is 1. The van der Waals surface area contributed by atoms with E-state index in [1.54, 1.807) is 48.5 Å². The highest BCUT2D eigenvalue weighted by atomic mass is 32.1. The number of thiol groups is 1. The second-order valence-corrected chi connectivity index (χ2v) is 8.56. The van der Waals surface area contributed by atoms with Crippen LogP contribution >= 0.6 is 12.8 Å². The zero-order valence-corrected chi connectivity index (χ0v) is 20.9. The molecule has 1 atom stereocenters. The Labute approximate surface area is 215 Å². The van der Waals surface area contributed by atoms with Gasteiger partial charge in [0.05, 0.1) is 35.5 Å². The van der Waals surface area contributed by atoms with Gasteiger partial charge < -0.3 is 15.8 Å². The minimum atomic E-state index is -0.846. The summed E-state index contributed by atoms with van der Waals surface area (Å²) in [6.45, 7) is 4.30. The molecule has 3 N–H and O–H groups in total. The summed E-state index contributed by atoms with van der Waals surface area (Å²) in [6.07, 6.45) is 1.73. The van der Waals surface area contributed by atoms with Crippen LogP contribution in [0.3, 0.4) is 0 Å². The molecule has 0 saturated heterocycles. The van der Waals surface area contributed by atoms with Crippen LogP contribution in [0.15, 0.2) is 60.7 Å². The zero-order chi connectivity index (χ0) is 26.2. The summed E-state index contributed by atoms with van der Waals surface area (Å²) in [4.78, 5) is 24.3. The van der Waals surface area contributed by atoms with Crippen LogP contribution in [-0.4, -0.2) is 18.5 Å². The van der Waals surface area contributed by atoms with Gasteiger partial charge in [0.2, 0.25) is 0 Å². The van der Waals surface area contributed by atoms with Gasteiger partial charge in [-0.15, -0.1) is 0 Å². The number of carbonyl (C=O) groups excluding carboxylic acids is 2. The molecule has 0 heterocycles. The van der Waals surface area contributed by atoms with Gasteiger partial charge in [0.1, 0.15) is 11.6 Å². The van der Waals surface area contributed by atoms with E-state index >= 15 is 0 Å². The molecule has 0 aliphatic carbocycles. The minimum absolute atomic E-state index is 0.196. The average molecular weight is 507 g/mol. The van der Waals surface area contributed by atoms with Crippen LogP contribution in [0, 0.1) is 17.1 Å². The molecule has 36 heavy (non-hydrogen) atoms. The van der Waals surface area contributed by atoms with Crippen molar-refractivity contribution in [2.75, 3.05) is 10.9 Å². The highest BCUT2D eigenvalue weighted by Crippen LogP contribution is 2.35. The largest absolute Gasteiger partial charge is 0.493 e. The van der Waals surface area contributed by atoms with Gasteiger partial charge in [0.15, 0.2) is 0 Å². The molecule has 3 aromatic carbocycles. The zero-order valence-electron chi connectivity index (χ0n) is 20.0. The lowest BCUT2D eigenvalue weighted by atomic mass is 10.0. The number of ether oxygens (including phenoxy) is 1. The molecular weight excluding hydrogens is 479 g/mol. The van der Waals surface area contributed by atoms with Gasteiger partial charge in [-0.25, -0.2) is 13.5 Å². The van der Waals surface area contributed by atoms with Gasteiger partial charge in [-0.2, -0.15) is 5.26 Å². The molecule has 3 amide bonds. The third kappa shape index (κ3) is 6.34. The number of rotatable bonds is 9. The lowest BCUT2D eigenvalue weighted by Crippen LogP contribution is -2.35. The first-order valence-corrected chi connectivity index (χ1v) is 11.8. The Hall–Kier alpha value is -4.03. The van der Waals surface area contributed by atoms with E-state index in [-0.39, 0.29) is 11.6 Å². The number of nitrogens with zero attached hydrogens (tertiary/aromatic N) is 2. The molecule has 3 rings (SSSR count). The first-order valence-electron chi connectivity index (χ1n) is 11.4. The van der Waals surface area contributed by atoms with Crippen LogP contribution in [0.4, 0.5) is 14.9 Å². The summed E-state index contributed by atoms with van der Waals surface area (Å²) in [5.74, 6) is -1.13. The van der Waals surface area contributed by atoms with Crippen molar-refractivity contribution in [1.82, 2.24) is 5.32 Å². The molecule has 0 aliphatic heterocycles. The van der Waals surface area contributed by atoms with E-state index in [1.165, 1.54) is 12.1 Å². The molecule has 186 valence electrons. The van der Waals surface area contributed by atoms with Crippen molar-refractivity contribution in [2.45, 2.75) is 32.7 Å². The third-order valence-electron chi connectivity index (χ3n) is 5.58. The Kier molecular flexibility index (Phi) is 8.92. The Bertz CT molecular complexity index is 1290. The maximum Gasteiger partial charge on any atom is 0.332 e. The molecule has 0 fully saturated rings. The topological polar surface area (TPSA) is 108 Å². The van der Waals surface area contributed by atoms with Gasteiger partial charge in [-0.1, -0.05) is 44.4 Å². The molecular formula is C27H27FN4O3S. The lowest BCUT2D eigenvalue weighted by Gasteiger charge is -2.22. The van der Waals surface area contributed by atoms with Gasteiger partial charge in [-0.3, -0.25) is 4.79 Å². The molecule has 1 unspecified atom stereocenters. The first kappa shape index (κ1) is 26.6. The van der Waals surface area contributed by atoms with Crippen LogP contribution < -0.4 is 20.1 Å². The first-order chi connectivity index (χ1) is 17.2. The van der Waals surface area contributed by atoms with Crippen LogP contribution in [0.25, 0.3) is 11.1 Å². The normalized spacial score (nSPS) is 11.3. The van der Waals surface area contributed by atoms with Crippen LogP contribution in [0.2, 0.25) is 0 Å². The van der Waals surface area contributed by atoms with Crippen LogP contribution in [0.1, 0.15) is 54.2 Å². The fourth-order valence-corrected chi connectivity index (χ4v) is 3.69. The van der Waals surface area contributed by atoms with E-state index in [9.17, 15) is 14.0 Å². The lowest BCUT2D eigenvalue weighted by molar-refractivity contribution is 0.0996. The standard InChI is InChI=1S/C27H27FN4O3S/c1-3-4-13-35-25-15-21(10-12-22(25)20-9-11-23(26(30)33)24(28)14-20)32(36)27(34)31-17(2)19-7-5-18(16-29)6-8-19/h5-12,14-15,17,36H,3-4,13H2,1-2H3,(H2,30,33)(H,31,34). The Morgan fingerprint density at radius 3 is 2.50 bits per heavy atom. The number of nitriles is 1. The quantitative estimate of drug-likeness (QED) is 0.253. The molecule has 0 aliphatic rings. The summed E-state index contributed by atoms with van der Waals surface area (Å²) < 4.78 is 21.5. The fraction of sp³-hybridized carbons (Fsp3) is 0.222. The summed E-state index contributed by atoms with van der Waals surface area (Å²) in [5, 5.41) is 11.8. The maximum absolute atomic E-state index is 14.4. The third-order valence-corrected chi connectivity index (χ3v) is 6.00. The molecule has 0 bridgehead atoms. The predicted octanol–water partition coefficient (Wildman–Crippen LogP) is 5.76. The number of hydrogen-bond donors (Lipinski definition) is 3. The number of nitrogens with one attached hydrogen (secondary N) is 1. The number of halogens is 1. The Balaban J connectivity index is 1.85. The highest BCUT2D eigenvalue weighted by Gasteiger charge is 2.19. The van der Waals surface area contributed by atoms with Gasteiger partial charge in [0, 0.05) is 11.6 Å². The van der Waals surface area contributed by atoms with Crippen molar-refractivity contribution < 1.29 is 18.7 Å². The number of primary amides is 1. The summed E-state index contributed by atoms with van der Waals surface area (Å²) >= 11 is 4.37. The number of hydrogen-bond acceptors (Lipinski definition) is 5. The van der Waals surface area contributed by atoms with E-state index in [2.05, 4.69) is 24.2 Å². The fourth-order valence-electron chi connectivity index (χ4n) is 3.50. The molecule has 9 heteroatoms. The van der Waals surface area contributed by atoms with E-state index in [4.69, 9.17) is 15.7 Å². The number of anilines is 1. The molecule has 0 spiro atoms. The SMILES string of the molecule is CCCCOc1cc(N(S)C(=O)NC(C)c2ccc(C#N)cc2)ccc1-c1ccc(C(N)=O)c(F)c1. The highest BCUT2D eigenvalue weighted by molar-refractivity contribution is 7.82. The van der Waals surface area contributed by atoms with Crippen molar-refractivity contribution in [3.8, 4) is 22.9 Å². The van der Waals surface area contributed by atoms with Crippen LogP contribution in [0.5, 0.6) is 5.75 Å². The van der Waals surface area contributed by atoms with Gasteiger partial charge in [-0.05, 0) is 60.9 Å². The van der Waals surface area contributed by atoms with Gasteiger partial charge in [0.25, 0.3) is 5.91 Å². The van der Waals surface area contributed by atoms with E-state index in [0.717, 1.165) is 22.7 Å². The Morgan fingerprint density at radius 1 is 1.17 bits per heavy atom. The second-order valence-electron chi connectivity index (χ2n) is 8.16. The Morgan fingerprint density at radius 2 is 1.89 bits per heavy atom. The van der Waals surface area contributed by atoms with Crippen molar-refractivity contribution >= 4 is 30.4 Å². The second kappa shape index (κ2) is 12.1. The van der Waals surface area contributed by atoms with Crippen molar-refractivity contribution in [1.29, 1.82) is 5.26 Å². The van der Waals surface area contributed by atoms with E-state index < -0.39 is 17.8 Å². The molecule has 0 aromatic heterocycles. The molecule has 0 radical (unpaired) electrons. The van der Waals surface area contributed by atoms with Crippen molar-refractivity contribution in [3.05, 3.63) is 83.2 Å².